The number of anilines is 1. The summed E-state index contributed by atoms with van der Waals surface area (Å²) in [6.45, 7) is 1.68. The molecule has 1 atom stereocenters. The van der Waals surface area contributed by atoms with E-state index in [1.165, 1.54) is 36.4 Å². The molecule has 1 fully saturated rings. The third kappa shape index (κ3) is 4.86. The minimum atomic E-state index is -4.27. The van der Waals surface area contributed by atoms with E-state index in [0.717, 1.165) is 12.5 Å². The van der Waals surface area contributed by atoms with E-state index in [-0.39, 0.29) is 23.6 Å². The Morgan fingerprint density at radius 3 is 2.38 bits per heavy atom. The van der Waals surface area contributed by atoms with Gasteiger partial charge < -0.3 is 5.32 Å². The lowest BCUT2D eigenvalue weighted by Gasteiger charge is -2.36. The zero-order valence-electron chi connectivity index (χ0n) is 17.3. The highest BCUT2D eigenvalue weighted by atomic mass is 35.5. The Morgan fingerprint density at radius 1 is 1.16 bits per heavy atom. The Bertz CT molecular complexity index is 1120. The lowest BCUT2D eigenvalue weighted by atomic mass is 9.87. The van der Waals surface area contributed by atoms with Gasteiger partial charge in [0.2, 0.25) is 15.9 Å². The van der Waals surface area contributed by atoms with Gasteiger partial charge in [0, 0.05) is 6.07 Å². The van der Waals surface area contributed by atoms with Gasteiger partial charge in [-0.3, -0.25) is 19.6 Å². The summed E-state index contributed by atoms with van der Waals surface area (Å²) in [4.78, 5) is 23.7. The molecule has 0 spiro atoms. The van der Waals surface area contributed by atoms with Crippen LogP contribution < -0.4 is 10.0 Å². The number of amides is 1. The molecule has 0 aromatic heterocycles. The molecular formula is C21H23ClFN3O5S. The first-order valence-corrected chi connectivity index (χ1v) is 11.9. The van der Waals surface area contributed by atoms with Crippen LogP contribution in [-0.4, -0.2) is 24.0 Å². The highest BCUT2D eigenvalue weighted by molar-refractivity contribution is 7.94. The number of rotatable bonds is 7. The van der Waals surface area contributed by atoms with Crippen molar-refractivity contribution in [3.63, 3.8) is 0 Å². The van der Waals surface area contributed by atoms with Crippen LogP contribution in [0, 0.1) is 15.9 Å². The molecule has 2 aromatic carbocycles. The van der Waals surface area contributed by atoms with Crippen LogP contribution in [0.15, 0.2) is 42.5 Å². The van der Waals surface area contributed by atoms with Crippen LogP contribution >= 0.6 is 11.6 Å². The molecule has 1 saturated carbocycles. The summed E-state index contributed by atoms with van der Waals surface area (Å²) < 4.78 is 40.7. The van der Waals surface area contributed by atoms with Crippen molar-refractivity contribution in [2.45, 2.75) is 49.8 Å². The molecule has 1 amide bonds. The summed E-state index contributed by atoms with van der Waals surface area (Å²) in [5.41, 5.74) is 0.133. The number of hydrogen-bond acceptors (Lipinski definition) is 5. The van der Waals surface area contributed by atoms with Gasteiger partial charge in [-0.15, -0.1) is 0 Å². The fourth-order valence-corrected chi connectivity index (χ4v) is 5.82. The third-order valence-corrected chi connectivity index (χ3v) is 8.15. The molecule has 2 N–H and O–H groups in total. The molecule has 0 radical (unpaired) electrons. The average Bonchev–Trinajstić information content (AvgIpc) is 2.75. The lowest BCUT2D eigenvalue weighted by Crippen LogP contribution is -2.56. The molecule has 0 bridgehead atoms. The van der Waals surface area contributed by atoms with Crippen molar-refractivity contribution in [1.82, 2.24) is 5.32 Å². The van der Waals surface area contributed by atoms with E-state index in [1.54, 1.807) is 6.92 Å². The van der Waals surface area contributed by atoms with Gasteiger partial charge in [0.1, 0.15) is 10.8 Å². The number of carbonyl (C=O) groups excluding carboxylic acids is 1. The molecule has 2 aromatic rings. The second-order valence-corrected chi connectivity index (χ2v) is 10.2. The van der Waals surface area contributed by atoms with Crippen LogP contribution in [0.25, 0.3) is 0 Å². The average molecular weight is 484 g/mol. The van der Waals surface area contributed by atoms with Crippen molar-refractivity contribution in [3.05, 3.63) is 69.0 Å². The normalized spacial score (nSPS) is 16.7. The largest absolute Gasteiger partial charge is 0.348 e. The van der Waals surface area contributed by atoms with E-state index in [1.807, 2.05) is 0 Å². The number of nitrogens with one attached hydrogen (secondary N) is 2. The van der Waals surface area contributed by atoms with E-state index >= 15 is 0 Å². The number of nitrogens with zero attached hydrogens (tertiary/aromatic N) is 1. The van der Waals surface area contributed by atoms with Crippen LogP contribution in [0.5, 0.6) is 0 Å². The first kappa shape index (κ1) is 23.9. The molecule has 1 aliphatic rings. The van der Waals surface area contributed by atoms with Gasteiger partial charge >= 0.3 is 0 Å². The molecule has 32 heavy (non-hydrogen) atoms. The molecule has 0 saturated heterocycles. The second-order valence-electron chi connectivity index (χ2n) is 7.83. The van der Waals surface area contributed by atoms with Crippen LogP contribution in [0.1, 0.15) is 50.6 Å². The maximum Gasteiger partial charge on any atom is 0.289 e. The lowest BCUT2D eigenvalue weighted by molar-refractivity contribution is -0.384. The fourth-order valence-electron chi connectivity index (χ4n) is 3.87. The molecule has 8 nitrogen and oxygen atoms in total. The summed E-state index contributed by atoms with van der Waals surface area (Å²) in [6, 6.07) is 8.58. The highest BCUT2D eigenvalue weighted by Gasteiger charge is 2.51. The van der Waals surface area contributed by atoms with Crippen LogP contribution in [0.4, 0.5) is 15.8 Å². The SMILES string of the molecule is C[C@@H](NC(=O)C1(S(=O)(=O)Nc2ccc(Cl)c([N+](=O)[O-])c2)CCCCC1)c1ccc(F)cc1. The molecule has 11 heteroatoms. The smallest absolute Gasteiger partial charge is 0.289 e. The van der Waals surface area contributed by atoms with E-state index in [4.69, 9.17) is 11.6 Å². The quantitative estimate of drug-likeness (QED) is 0.436. The first-order valence-electron chi connectivity index (χ1n) is 10.1. The van der Waals surface area contributed by atoms with Crippen molar-refractivity contribution in [1.29, 1.82) is 0 Å². The van der Waals surface area contributed by atoms with E-state index in [9.17, 15) is 27.7 Å². The monoisotopic (exact) mass is 483 g/mol. The molecule has 0 unspecified atom stereocenters. The Balaban J connectivity index is 1.90. The van der Waals surface area contributed by atoms with Gasteiger partial charge in [-0.1, -0.05) is 43.0 Å². The summed E-state index contributed by atoms with van der Waals surface area (Å²) in [5.74, 6) is -1.08. The van der Waals surface area contributed by atoms with Crippen molar-refractivity contribution in [3.8, 4) is 0 Å². The van der Waals surface area contributed by atoms with Gasteiger partial charge in [-0.2, -0.15) is 0 Å². The number of nitro groups is 1. The van der Waals surface area contributed by atoms with E-state index in [0.29, 0.717) is 18.4 Å². The Hall–Kier alpha value is -2.72. The molecule has 0 heterocycles. The van der Waals surface area contributed by atoms with Gasteiger partial charge in [0.05, 0.1) is 16.7 Å². The topological polar surface area (TPSA) is 118 Å². The summed E-state index contributed by atoms with van der Waals surface area (Å²) in [6.07, 6.45) is 2.10. The van der Waals surface area contributed by atoms with Crippen molar-refractivity contribution in [2.75, 3.05) is 4.72 Å². The predicted molar refractivity (Wildman–Crippen MR) is 119 cm³/mol. The van der Waals surface area contributed by atoms with Gasteiger partial charge in [-0.25, -0.2) is 12.8 Å². The maximum absolute atomic E-state index is 13.4. The second kappa shape index (κ2) is 9.41. The number of benzene rings is 2. The van der Waals surface area contributed by atoms with Crippen LogP contribution in [0.2, 0.25) is 5.02 Å². The minimum Gasteiger partial charge on any atom is -0.348 e. The molecule has 0 aliphatic heterocycles. The zero-order valence-corrected chi connectivity index (χ0v) is 18.9. The molecule has 3 rings (SSSR count). The number of carbonyl (C=O) groups is 1. The molecule has 1 aliphatic carbocycles. The van der Waals surface area contributed by atoms with Gasteiger partial charge in [0.25, 0.3) is 5.69 Å². The van der Waals surface area contributed by atoms with Crippen molar-refractivity contribution < 1.29 is 22.5 Å². The summed E-state index contributed by atoms with van der Waals surface area (Å²) in [7, 11) is -4.27. The Labute approximate surface area is 190 Å². The first-order chi connectivity index (χ1) is 15.1. The number of sulfonamides is 1. The van der Waals surface area contributed by atoms with Crippen molar-refractivity contribution >= 4 is 38.9 Å². The summed E-state index contributed by atoms with van der Waals surface area (Å²) >= 11 is 5.81. The Kier molecular flexibility index (Phi) is 7.04. The predicted octanol–water partition coefficient (Wildman–Crippen LogP) is 4.71. The standard InChI is InChI=1S/C21H23ClFN3O5S/c1-14(15-5-7-16(23)8-6-15)24-20(27)21(11-3-2-4-12-21)32(30,31)25-17-9-10-18(22)19(13-17)26(28)29/h5-10,13-14,25H,2-4,11-12H2,1H3,(H,24,27)/t14-/m1/s1. The van der Waals surface area contributed by atoms with E-state index in [2.05, 4.69) is 10.0 Å². The van der Waals surface area contributed by atoms with E-state index < -0.39 is 43.1 Å². The highest BCUT2D eigenvalue weighted by Crippen LogP contribution is 2.38. The van der Waals surface area contributed by atoms with Crippen molar-refractivity contribution in [2.24, 2.45) is 0 Å². The van der Waals surface area contributed by atoms with Crippen LogP contribution in [0.3, 0.4) is 0 Å². The minimum absolute atomic E-state index is 0.0505. The van der Waals surface area contributed by atoms with Gasteiger partial charge in [-0.05, 0) is 49.6 Å². The zero-order chi connectivity index (χ0) is 23.5. The number of halogens is 2. The maximum atomic E-state index is 13.4. The number of hydrogen-bond donors (Lipinski definition) is 2. The van der Waals surface area contributed by atoms with Crippen LogP contribution in [-0.2, 0) is 14.8 Å². The number of nitro benzene ring substituents is 1. The molecular weight excluding hydrogens is 461 g/mol. The third-order valence-electron chi connectivity index (χ3n) is 5.70. The Morgan fingerprint density at radius 2 is 1.78 bits per heavy atom. The molecule has 172 valence electrons. The summed E-state index contributed by atoms with van der Waals surface area (Å²) in [5, 5.41) is 13.8. The fraction of sp³-hybridized carbons (Fsp3) is 0.381. The van der Waals surface area contributed by atoms with Gasteiger partial charge in [0.15, 0.2) is 4.75 Å².